The maximum atomic E-state index is 14.0. The number of rotatable bonds is 8. The standard InChI is InChI=1S/C26H19ClFIN2O5S/c1-35-21-10-15(9-20(29)24(21)36-14-16-5-2-3-8-19(16)28)11-22-25(33)31(26(34)37-22)13-23(32)30-18-7-4-6-17(27)12-18/h2-12H,13-14H2,1H3,(H,30,32)/b22-11+. The number of thioether (sulfide) groups is 1. The van der Waals surface area contributed by atoms with E-state index in [1.165, 1.54) is 13.2 Å². The molecule has 37 heavy (non-hydrogen) atoms. The van der Waals surface area contributed by atoms with Gasteiger partial charge in [0.1, 0.15) is 19.0 Å². The zero-order valence-electron chi connectivity index (χ0n) is 19.3. The van der Waals surface area contributed by atoms with Gasteiger partial charge in [-0.25, -0.2) is 4.39 Å². The topological polar surface area (TPSA) is 84.9 Å². The second-order valence-corrected chi connectivity index (χ2v) is 10.3. The molecule has 7 nitrogen and oxygen atoms in total. The summed E-state index contributed by atoms with van der Waals surface area (Å²) in [5, 5.41) is 2.51. The van der Waals surface area contributed by atoms with Crippen molar-refractivity contribution in [2.24, 2.45) is 0 Å². The first-order valence-electron chi connectivity index (χ1n) is 10.8. The molecule has 190 valence electrons. The van der Waals surface area contributed by atoms with Gasteiger partial charge >= 0.3 is 0 Å². The van der Waals surface area contributed by atoms with Crippen LogP contribution in [0.1, 0.15) is 11.1 Å². The fourth-order valence-electron chi connectivity index (χ4n) is 3.43. The number of anilines is 1. The molecule has 0 atom stereocenters. The van der Waals surface area contributed by atoms with Gasteiger partial charge in [0.05, 0.1) is 15.6 Å². The van der Waals surface area contributed by atoms with E-state index >= 15 is 0 Å². The number of methoxy groups -OCH3 is 1. The van der Waals surface area contributed by atoms with Crippen molar-refractivity contribution in [3.63, 3.8) is 0 Å². The minimum atomic E-state index is -0.579. The Morgan fingerprint density at radius 3 is 2.68 bits per heavy atom. The van der Waals surface area contributed by atoms with Crippen molar-refractivity contribution < 1.29 is 28.2 Å². The lowest BCUT2D eigenvalue weighted by molar-refractivity contribution is -0.127. The monoisotopic (exact) mass is 652 g/mol. The van der Waals surface area contributed by atoms with Crippen LogP contribution in [-0.4, -0.2) is 35.6 Å². The Labute approximate surface area is 235 Å². The first-order chi connectivity index (χ1) is 17.7. The Bertz CT molecular complexity index is 1420. The molecule has 0 spiro atoms. The highest BCUT2D eigenvalue weighted by Crippen LogP contribution is 2.37. The molecule has 1 fully saturated rings. The van der Waals surface area contributed by atoms with Crippen molar-refractivity contribution in [3.05, 3.63) is 91.1 Å². The summed E-state index contributed by atoms with van der Waals surface area (Å²) < 4.78 is 25.9. The molecule has 1 aliphatic rings. The molecule has 0 radical (unpaired) electrons. The Balaban J connectivity index is 1.48. The van der Waals surface area contributed by atoms with Crippen LogP contribution in [0, 0.1) is 9.39 Å². The molecule has 3 aromatic rings. The largest absolute Gasteiger partial charge is 0.493 e. The summed E-state index contributed by atoms with van der Waals surface area (Å²) in [5.41, 5.74) is 1.45. The third-order valence-electron chi connectivity index (χ3n) is 5.16. The van der Waals surface area contributed by atoms with E-state index in [1.807, 2.05) is 0 Å². The first-order valence-corrected chi connectivity index (χ1v) is 13.1. The maximum absolute atomic E-state index is 14.0. The van der Waals surface area contributed by atoms with Crippen molar-refractivity contribution in [1.29, 1.82) is 0 Å². The van der Waals surface area contributed by atoms with E-state index in [4.69, 9.17) is 21.1 Å². The fourth-order valence-corrected chi connectivity index (χ4v) is 5.24. The van der Waals surface area contributed by atoms with E-state index in [-0.39, 0.29) is 17.3 Å². The van der Waals surface area contributed by atoms with Crippen LogP contribution >= 0.6 is 46.0 Å². The summed E-state index contributed by atoms with van der Waals surface area (Å²) in [6.07, 6.45) is 1.55. The first kappa shape index (κ1) is 27.0. The summed E-state index contributed by atoms with van der Waals surface area (Å²) >= 11 is 8.72. The van der Waals surface area contributed by atoms with E-state index in [9.17, 15) is 18.8 Å². The van der Waals surface area contributed by atoms with E-state index in [1.54, 1.807) is 60.7 Å². The van der Waals surface area contributed by atoms with Crippen LogP contribution in [0.2, 0.25) is 5.02 Å². The highest BCUT2D eigenvalue weighted by Gasteiger charge is 2.36. The number of imide groups is 1. The maximum Gasteiger partial charge on any atom is 0.294 e. The summed E-state index contributed by atoms with van der Waals surface area (Å²) in [6, 6.07) is 16.3. The second kappa shape index (κ2) is 12.0. The summed E-state index contributed by atoms with van der Waals surface area (Å²) in [4.78, 5) is 38.8. The molecular formula is C26H19ClFIN2O5S. The zero-order valence-corrected chi connectivity index (χ0v) is 23.0. The van der Waals surface area contributed by atoms with E-state index in [0.29, 0.717) is 36.9 Å². The lowest BCUT2D eigenvalue weighted by Crippen LogP contribution is -2.36. The number of hydrogen-bond acceptors (Lipinski definition) is 6. The van der Waals surface area contributed by atoms with Gasteiger partial charge in [0.15, 0.2) is 11.5 Å². The zero-order chi connectivity index (χ0) is 26.5. The number of carbonyl (C=O) groups is 3. The second-order valence-electron chi connectivity index (χ2n) is 7.74. The fraction of sp³-hybridized carbons (Fsp3) is 0.115. The number of nitrogens with one attached hydrogen (secondary N) is 1. The van der Waals surface area contributed by atoms with Gasteiger partial charge < -0.3 is 14.8 Å². The number of carbonyl (C=O) groups excluding carboxylic acids is 3. The highest BCUT2D eigenvalue weighted by molar-refractivity contribution is 14.1. The molecule has 0 aromatic heterocycles. The molecular weight excluding hydrogens is 634 g/mol. The van der Waals surface area contributed by atoms with Crippen LogP contribution in [0.5, 0.6) is 11.5 Å². The van der Waals surface area contributed by atoms with Gasteiger partial charge in [-0.1, -0.05) is 35.9 Å². The molecule has 1 heterocycles. The van der Waals surface area contributed by atoms with Gasteiger partial charge in [-0.15, -0.1) is 0 Å². The lowest BCUT2D eigenvalue weighted by Gasteiger charge is -2.14. The third-order valence-corrected chi connectivity index (χ3v) is 7.11. The SMILES string of the molecule is COc1cc(/C=C2/SC(=O)N(CC(=O)Nc3cccc(Cl)c3)C2=O)cc(I)c1OCc1ccccc1F. The highest BCUT2D eigenvalue weighted by atomic mass is 127. The van der Waals surface area contributed by atoms with Crippen molar-refractivity contribution in [1.82, 2.24) is 4.90 Å². The van der Waals surface area contributed by atoms with Gasteiger partial charge in [-0.3, -0.25) is 19.3 Å². The molecule has 0 aliphatic carbocycles. The Hall–Kier alpha value is -3.09. The van der Waals surface area contributed by atoms with Crippen LogP contribution in [-0.2, 0) is 16.2 Å². The lowest BCUT2D eigenvalue weighted by atomic mass is 10.1. The van der Waals surface area contributed by atoms with Crippen molar-refractivity contribution in [2.75, 3.05) is 19.0 Å². The number of ether oxygens (including phenoxy) is 2. The molecule has 3 amide bonds. The Morgan fingerprint density at radius 2 is 1.95 bits per heavy atom. The van der Waals surface area contributed by atoms with E-state index < -0.39 is 23.6 Å². The Kier molecular flexibility index (Phi) is 8.72. The van der Waals surface area contributed by atoms with Crippen LogP contribution < -0.4 is 14.8 Å². The van der Waals surface area contributed by atoms with Gasteiger partial charge in [0.25, 0.3) is 11.1 Å². The van der Waals surface area contributed by atoms with Gasteiger partial charge in [-0.2, -0.15) is 0 Å². The summed E-state index contributed by atoms with van der Waals surface area (Å²) in [6.45, 7) is -0.424. The molecule has 0 saturated carbocycles. The van der Waals surface area contributed by atoms with Crippen LogP contribution in [0.3, 0.4) is 0 Å². The van der Waals surface area contributed by atoms with Crippen LogP contribution in [0.15, 0.2) is 65.6 Å². The number of halogens is 3. The molecule has 3 aromatic carbocycles. The number of hydrogen-bond donors (Lipinski definition) is 1. The van der Waals surface area contributed by atoms with Crippen LogP contribution in [0.4, 0.5) is 14.9 Å². The van der Waals surface area contributed by atoms with Gasteiger partial charge in [0, 0.05) is 16.3 Å². The molecule has 1 aliphatic heterocycles. The normalized spacial score (nSPS) is 14.3. The Morgan fingerprint density at radius 1 is 1.16 bits per heavy atom. The summed E-state index contributed by atoms with van der Waals surface area (Å²) in [7, 11) is 1.47. The number of benzene rings is 3. The molecule has 0 bridgehead atoms. The number of nitrogens with zero attached hydrogens (tertiary/aromatic N) is 1. The van der Waals surface area contributed by atoms with Crippen molar-refractivity contribution >= 4 is 74.8 Å². The van der Waals surface area contributed by atoms with Crippen molar-refractivity contribution in [2.45, 2.75) is 6.61 Å². The third kappa shape index (κ3) is 6.62. The average Bonchev–Trinajstić information content (AvgIpc) is 3.11. The van der Waals surface area contributed by atoms with Crippen LogP contribution in [0.25, 0.3) is 6.08 Å². The summed E-state index contributed by atoms with van der Waals surface area (Å²) in [5.74, 6) is -0.669. The quantitative estimate of drug-likeness (QED) is 0.226. The minimum Gasteiger partial charge on any atom is -0.493 e. The van der Waals surface area contributed by atoms with Crippen molar-refractivity contribution in [3.8, 4) is 11.5 Å². The smallest absolute Gasteiger partial charge is 0.294 e. The molecule has 0 unspecified atom stereocenters. The predicted molar refractivity (Wildman–Crippen MR) is 149 cm³/mol. The molecule has 11 heteroatoms. The molecule has 4 rings (SSSR count). The van der Waals surface area contributed by atoms with E-state index in [2.05, 4.69) is 27.9 Å². The molecule has 1 N–H and O–H groups in total. The number of amides is 3. The minimum absolute atomic E-state index is 0.00845. The van der Waals surface area contributed by atoms with Gasteiger partial charge in [-0.05, 0) is 82.4 Å². The van der Waals surface area contributed by atoms with E-state index in [0.717, 1.165) is 16.7 Å². The average molecular weight is 653 g/mol. The van der Waals surface area contributed by atoms with Gasteiger partial charge in [0.2, 0.25) is 5.91 Å². The molecule has 1 saturated heterocycles. The predicted octanol–water partition coefficient (Wildman–Crippen LogP) is 6.35.